The highest BCUT2D eigenvalue weighted by Crippen LogP contribution is 2.43. The van der Waals surface area contributed by atoms with Gasteiger partial charge in [-0.1, -0.05) is 13.3 Å². The first-order chi connectivity index (χ1) is 17.1. The zero-order valence-electron chi connectivity index (χ0n) is 21.8. The summed E-state index contributed by atoms with van der Waals surface area (Å²) in [7, 11) is 4.77. The molecule has 36 heavy (non-hydrogen) atoms. The monoisotopic (exact) mass is 644 g/mol. The first-order valence-electron chi connectivity index (χ1n) is 11.5. The van der Waals surface area contributed by atoms with Crippen molar-refractivity contribution in [2.75, 3.05) is 34.5 Å². The van der Waals surface area contributed by atoms with Crippen LogP contribution in [0.2, 0.25) is 0 Å². The standard InChI is InChI=1S/C26H34Br2N2O5S/c1-8-9-10-30(17(4)31)26(19(12-16(3)34-6)23(28)20(35-7)14-33-5)29-21-13-18-11-15(2)22(27)24(32)25(18)36-21/h11-13,16,32H,8-10,14H2,1-7H3/b19-12+,23-20-,29-26-. The molecule has 0 spiro atoms. The third-order valence-electron chi connectivity index (χ3n) is 5.49. The lowest BCUT2D eigenvalue weighted by molar-refractivity contribution is -0.125. The van der Waals surface area contributed by atoms with Crippen LogP contribution in [0.25, 0.3) is 10.1 Å². The highest BCUT2D eigenvalue weighted by Gasteiger charge is 2.25. The molecule has 1 atom stereocenters. The number of amides is 1. The maximum absolute atomic E-state index is 12.9. The molecule has 0 fully saturated rings. The van der Waals surface area contributed by atoms with Gasteiger partial charge < -0.3 is 19.3 Å². The van der Waals surface area contributed by atoms with Crippen molar-refractivity contribution in [2.24, 2.45) is 4.99 Å². The van der Waals surface area contributed by atoms with Gasteiger partial charge in [-0.05, 0) is 81.3 Å². The highest BCUT2D eigenvalue weighted by atomic mass is 79.9. The van der Waals surface area contributed by atoms with Crippen LogP contribution >= 0.6 is 43.2 Å². The highest BCUT2D eigenvalue weighted by molar-refractivity contribution is 9.12. The quantitative estimate of drug-likeness (QED) is 0.121. The maximum Gasteiger partial charge on any atom is 0.225 e. The lowest BCUT2D eigenvalue weighted by Gasteiger charge is -2.26. The molecular formula is C26H34Br2N2O5S. The van der Waals surface area contributed by atoms with E-state index in [2.05, 4.69) is 38.8 Å². The predicted octanol–water partition coefficient (Wildman–Crippen LogP) is 7.22. The molecule has 0 aliphatic rings. The molecule has 10 heteroatoms. The number of aliphatic imine (C=N–C) groups is 1. The minimum Gasteiger partial charge on any atom is -0.505 e. The fraction of sp³-hybridized carbons (Fsp3) is 0.462. The van der Waals surface area contributed by atoms with Gasteiger partial charge >= 0.3 is 0 Å². The van der Waals surface area contributed by atoms with Gasteiger partial charge in [-0.25, -0.2) is 4.99 Å². The van der Waals surface area contributed by atoms with Crippen LogP contribution in [0.15, 0.2) is 43.5 Å². The molecule has 198 valence electrons. The molecule has 0 aliphatic heterocycles. The summed E-state index contributed by atoms with van der Waals surface area (Å²) in [5, 5.41) is 12.2. The molecule has 1 heterocycles. The number of nitrogens with zero attached hydrogens (tertiary/aromatic N) is 2. The van der Waals surface area contributed by atoms with Crippen molar-refractivity contribution in [1.82, 2.24) is 4.90 Å². The largest absolute Gasteiger partial charge is 0.505 e. The van der Waals surface area contributed by atoms with E-state index < -0.39 is 0 Å². The topological polar surface area (TPSA) is 80.6 Å². The van der Waals surface area contributed by atoms with Crippen LogP contribution in [0.5, 0.6) is 5.75 Å². The van der Waals surface area contributed by atoms with Crippen LogP contribution < -0.4 is 0 Å². The Hall–Kier alpha value is -1.72. The van der Waals surface area contributed by atoms with E-state index in [1.807, 2.05) is 32.1 Å². The van der Waals surface area contributed by atoms with Gasteiger partial charge in [0.1, 0.15) is 29.0 Å². The summed E-state index contributed by atoms with van der Waals surface area (Å²) in [4.78, 5) is 19.6. The Morgan fingerprint density at radius 3 is 2.56 bits per heavy atom. The number of ether oxygens (including phenoxy) is 3. The molecule has 7 nitrogen and oxygen atoms in total. The van der Waals surface area contributed by atoms with Gasteiger partial charge in [0, 0.05) is 33.3 Å². The van der Waals surface area contributed by atoms with Crippen molar-refractivity contribution in [3.05, 3.63) is 44.1 Å². The van der Waals surface area contributed by atoms with E-state index in [4.69, 9.17) is 19.2 Å². The van der Waals surface area contributed by atoms with Gasteiger partial charge in [-0.2, -0.15) is 0 Å². The van der Waals surface area contributed by atoms with Crippen molar-refractivity contribution in [3.8, 4) is 5.75 Å². The summed E-state index contributed by atoms with van der Waals surface area (Å²) in [6.07, 6.45) is 3.34. The molecule has 0 aliphatic carbocycles. The fourth-order valence-electron chi connectivity index (χ4n) is 3.46. The van der Waals surface area contributed by atoms with E-state index in [-0.39, 0.29) is 24.4 Å². The Morgan fingerprint density at radius 2 is 2.00 bits per heavy atom. The summed E-state index contributed by atoms with van der Waals surface area (Å²) in [5.74, 6) is 1.05. The summed E-state index contributed by atoms with van der Waals surface area (Å²) in [5.41, 5.74) is 1.56. The van der Waals surface area contributed by atoms with Crippen molar-refractivity contribution in [1.29, 1.82) is 0 Å². The number of amidine groups is 1. The van der Waals surface area contributed by atoms with Crippen molar-refractivity contribution >= 4 is 70.0 Å². The van der Waals surface area contributed by atoms with Crippen LogP contribution in [0.3, 0.4) is 0 Å². The third kappa shape index (κ3) is 7.41. The van der Waals surface area contributed by atoms with Gasteiger partial charge in [-0.15, -0.1) is 11.3 Å². The normalized spacial score (nSPS) is 14.1. The number of carbonyl (C=O) groups is 1. The number of phenolic OH excluding ortho intramolecular Hbond substituents is 1. The number of aromatic hydroxyl groups is 1. The number of fused-ring (bicyclic) bond motifs is 1. The van der Waals surface area contributed by atoms with Crippen molar-refractivity contribution in [3.63, 3.8) is 0 Å². The van der Waals surface area contributed by atoms with Crippen LogP contribution in [0.4, 0.5) is 5.00 Å². The molecule has 0 saturated heterocycles. The second-order valence-corrected chi connectivity index (χ2v) is 10.8. The average Bonchev–Trinajstić information content (AvgIpc) is 3.25. The number of phenols is 1. The number of hydrogen-bond acceptors (Lipinski definition) is 7. The van der Waals surface area contributed by atoms with Crippen LogP contribution in [0.1, 0.15) is 39.2 Å². The van der Waals surface area contributed by atoms with Crippen molar-refractivity contribution in [2.45, 2.75) is 46.6 Å². The van der Waals surface area contributed by atoms with E-state index in [1.54, 1.807) is 26.2 Å². The minimum atomic E-state index is -0.275. The lowest BCUT2D eigenvalue weighted by atomic mass is 10.1. The Bertz CT molecular complexity index is 1170. The van der Waals surface area contributed by atoms with Crippen molar-refractivity contribution < 1.29 is 24.1 Å². The number of hydrogen-bond donors (Lipinski definition) is 1. The minimum absolute atomic E-state index is 0.133. The second kappa shape index (κ2) is 14.3. The number of aryl methyl sites for hydroxylation is 1. The van der Waals surface area contributed by atoms with Gasteiger partial charge in [-0.3, -0.25) is 9.69 Å². The molecule has 2 aromatic rings. The molecule has 1 amide bonds. The molecule has 1 N–H and O–H groups in total. The Labute approximate surface area is 234 Å². The van der Waals surface area contributed by atoms with Gasteiger partial charge in [0.25, 0.3) is 0 Å². The number of thiophene rings is 1. The number of unbranched alkanes of at least 4 members (excludes halogenated alkanes) is 1. The van der Waals surface area contributed by atoms with Gasteiger partial charge in [0.15, 0.2) is 0 Å². The number of rotatable bonds is 11. The van der Waals surface area contributed by atoms with E-state index in [0.29, 0.717) is 37.7 Å². The van der Waals surface area contributed by atoms with E-state index in [9.17, 15) is 9.90 Å². The van der Waals surface area contributed by atoms with Crippen LogP contribution in [-0.4, -0.2) is 62.3 Å². The molecule has 0 radical (unpaired) electrons. The second-order valence-electron chi connectivity index (χ2n) is 8.21. The molecule has 1 unspecified atom stereocenters. The first kappa shape index (κ1) is 30.5. The van der Waals surface area contributed by atoms with E-state index in [1.165, 1.54) is 18.3 Å². The van der Waals surface area contributed by atoms with E-state index >= 15 is 0 Å². The zero-order chi connectivity index (χ0) is 27.0. The molecular weight excluding hydrogens is 612 g/mol. The lowest BCUT2D eigenvalue weighted by Crippen LogP contribution is -2.37. The number of halogens is 2. The molecule has 1 aromatic heterocycles. The summed E-state index contributed by atoms with van der Waals surface area (Å²) >= 11 is 8.49. The SMILES string of the molecule is CCCCN(C(C)=O)C(=N\c1cc2cc(C)c(Br)c(O)c2s1)/C(=C/C(C)OC)C(/Br)=C(\COC)OC. The maximum atomic E-state index is 12.9. The Kier molecular flexibility index (Phi) is 12.1. The summed E-state index contributed by atoms with van der Waals surface area (Å²) in [6.45, 7) is 8.16. The first-order valence-corrected chi connectivity index (χ1v) is 13.9. The predicted molar refractivity (Wildman–Crippen MR) is 155 cm³/mol. The summed E-state index contributed by atoms with van der Waals surface area (Å²) < 4.78 is 18.4. The molecule has 1 aromatic carbocycles. The zero-order valence-corrected chi connectivity index (χ0v) is 25.8. The fourth-order valence-corrected chi connectivity index (χ4v) is 5.45. The smallest absolute Gasteiger partial charge is 0.225 e. The number of benzene rings is 1. The third-order valence-corrected chi connectivity index (χ3v) is 8.42. The average molecular weight is 646 g/mol. The Morgan fingerprint density at radius 1 is 1.31 bits per heavy atom. The van der Waals surface area contributed by atoms with E-state index in [0.717, 1.165) is 28.5 Å². The molecule has 2 rings (SSSR count). The number of methoxy groups -OCH3 is 3. The van der Waals surface area contributed by atoms with Gasteiger partial charge in [0.2, 0.25) is 5.91 Å². The van der Waals surface area contributed by atoms with Gasteiger partial charge in [0.05, 0.1) is 26.9 Å². The molecule has 0 bridgehead atoms. The summed E-state index contributed by atoms with van der Waals surface area (Å²) in [6, 6.07) is 3.91. The van der Waals surface area contributed by atoms with Crippen LogP contribution in [-0.2, 0) is 19.0 Å². The van der Waals surface area contributed by atoms with Crippen LogP contribution in [0, 0.1) is 6.92 Å². The molecule has 0 saturated carbocycles. The Balaban J connectivity index is 2.88. The number of carbonyl (C=O) groups excluding carboxylic acids is 1.